The molecule has 1 aromatic heterocycles. The maximum absolute atomic E-state index is 13.6. The van der Waals surface area contributed by atoms with Crippen LogP contribution >= 0.6 is 11.6 Å². The van der Waals surface area contributed by atoms with E-state index >= 15 is 0 Å². The zero-order chi connectivity index (χ0) is 29.2. The second-order valence-electron chi connectivity index (χ2n) is 10.1. The lowest BCUT2D eigenvalue weighted by Gasteiger charge is -2.25. The second kappa shape index (κ2) is 11.5. The fourth-order valence-electron chi connectivity index (χ4n) is 4.77. The second-order valence-corrected chi connectivity index (χ2v) is 10.5. The zero-order valence-electron chi connectivity index (χ0n) is 23.3. The molecule has 2 unspecified atom stereocenters. The molecule has 0 amide bonds. The molecule has 2 atom stereocenters. The number of fused-ring (bicyclic) bond motifs is 2. The van der Waals surface area contributed by atoms with Gasteiger partial charge in [-0.05, 0) is 67.1 Å². The molecule has 0 saturated carbocycles. The number of nitrogens with zero attached hydrogens (tertiary/aromatic N) is 6. The lowest BCUT2D eigenvalue weighted by Crippen LogP contribution is -2.42. The minimum Gasteiger partial charge on any atom is -0.481 e. The number of aryl methyl sites for hydroxylation is 1. The third-order valence-corrected chi connectivity index (χ3v) is 7.18. The smallest absolute Gasteiger partial charge is 0.280 e. The van der Waals surface area contributed by atoms with Crippen LogP contribution in [0, 0.1) is 6.92 Å². The molecule has 0 spiro atoms. The largest absolute Gasteiger partial charge is 0.481 e. The van der Waals surface area contributed by atoms with Crippen molar-refractivity contribution in [3.63, 3.8) is 0 Å². The molecule has 9 nitrogen and oxygen atoms in total. The lowest BCUT2D eigenvalue weighted by atomic mass is 10.0. The molecule has 0 aliphatic carbocycles. The van der Waals surface area contributed by atoms with Crippen molar-refractivity contribution in [1.82, 2.24) is 9.66 Å². The predicted molar refractivity (Wildman–Crippen MR) is 168 cm³/mol. The molecule has 0 radical (unpaired) electrons. The lowest BCUT2D eigenvalue weighted by molar-refractivity contribution is 0.198. The molecule has 0 bridgehead atoms. The highest BCUT2D eigenvalue weighted by atomic mass is 35.5. The molecule has 1 N–H and O–H groups in total. The Kier molecular flexibility index (Phi) is 7.41. The summed E-state index contributed by atoms with van der Waals surface area (Å²) >= 11 is 6.23. The Hall–Kier alpha value is -5.02. The number of hydrogen-bond donors (Lipinski definition) is 1. The Morgan fingerprint density at radius 2 is 1.71 bits per heavy atom. The first-order valence-corrected chi connectivity index (χ1v) is 13.8. The first-order chi connectivity index (χ1) is 20.4. The van der Waals surface area contributed by atoms with E-state index in [1.54, 1.807) is 25.1 Å². The topological polar surface area (TPSA) is 96.5 Å². The van der Waals surface area contributed by atoms with Gasteiger partial charge in [-0.25, -0.2) is 14.7 Å². The standard InChI is InChI=1S/C32H28ClN7O2/c1-20-34-26-12-5-4-11-25(26)32(41)40(20)38-31-29(37-36-23-10-8-9-22(33)19-23)30(21-15-17-24(18-16-21)39(2)3)42-28-14-7-6-13-27(28)35-31/h4-19,29-30H,1-3H3,(H,35,38). The molecular weight excluding hydrogens is 550 g/mol. The monoisotopic (exact) mass is 577 g/mol. The van der Waals surface area contributed by atoms with Crippen molar-refractivity contribution in [3.05, 3.63) is 124 Å². The molecule has 1 aliphatic heterocycles. The van der Waals surface area contributed by atoms with Crippen LogP contribution < -0.4 is 20.6 Å². The SMILES string of the molecule is Cc1nc2ccccc2c(=O)n1NC1=Nc2ccccc2OC(c2ccc(N(C)C)cc2)C1N=Nc1cccc(Cl)c1. The van der Waals surface area contributed by atoms with Crippen LogP contribution in [0.3, 0.4) is 0 Å². The van der Waals surface area contributed by atoms with Crippen molar-refractivity contribution in [3.8, 4) is 5.75 Å². The first kappa shape index (κ1) is 27.2. The van der Waals surface area contributed by atoms with E-state index in [0.29, 0.717) is 44.7 Å². The van der Waals surface area contributed by atoms with Gasteiger partial charge < -0.3 is 9.64 Å². The minimum atomic E-state index is -0.778. The van der Waals surface area contributed by atoms with Gasteiger partial charge in [-0.1, -0.05) is 54.1 Å². The maximum Gasteiger partial charge on any atom is 0.280 e. The average molecular weight is 578 g/mol. The third kappa shape index (κ3) is 5.46. The van der Waals surface area contributed by atoms with Gasteiger partial charge in [-0.2, -0.15) is 10.2 Å². The highest BCUT2D eigenvalue weighted by Gasteiger charge is 2.34. The van der Waals surface area contributed by atoms with Crippen molar-refractivity contribution >= 4 is 45.4 Å². The normalized spacial score (nSPS) is 16.4. The van der Waals surface area contributed by atoms with Crippen molar-refractivity contribution in [1.29, 1.82) is 0 Å². The summed E-state index contributed by atoms with van der Waals surface area (Å²) < 4.78 is 8.01. The molecule has 0 fully saturated rings. The van der Waals surface area contributed by atoms with Gasteiger partial charge >= 0.3 is 0 Å². The van der Waals surface area contributed by atoms with E-state index in [-0.39, 0.29) is 5.56 Å². The van der Waals surface area contributed by atoms with E-state index in [1.807, 2.05) is 97.9 Å². The summed E-state index contributed by atoms with van der Waals surface area (Å²) in [6.45, 7) is 1.77. The Morgan fingerprint density at radius 1 is 0.952 bits per heavy atom. The number of azo groups is 1. The van der Waals surface area contributed by atoms with Crippen LogP contribution in [0.25, 0.3) is 10.9 Å². The van der Waals surface area contributed by atoms with Crippen LogP contribution in [-0.4, -0.2) is 35.6 Å². The molecule has 1 aliphatic rings. The number of hydrogen-bond acceptors (Lipinski definition) is 8. The van der Waals surface area contributed by atoms with Crippen molar-refractivity contribution in [2.75, 3.05) is 24.4 Å². The number of aliphatic imine (C=N–C) groups is 1. The van der Waals surface area contributed by atoms with Crippen LogP contribution in [0.15, 0.2) is 117 Å². The predicted octanol–water partition coefficient (Wildman–Crippen LogP) is 6.98. The first-order valence-electron chi connectivity index (χ1n) is 13.4. The van der Waals surface area contributed by atoms with Crippen molar-refractivity contribution < 1.29 is 4.74 Å². The molecule has 6 rings (SSSR count). The molecular formula is C32H28ClN7O2. The summed E-state index contributed by atoms with van der Waals surface area (Å²) in [5, 5.41) is 10.3. The van der Waals surface area contributed by atoms with Gasteiger partial charge in [0.1, 0.15) is 17.3 Å². The fraction of sp³-hybridized carbons (Fsp3) is 0.156. The summed E-state index contributed by atoms with van der Waals surface area (Å²) in [5.74, 6) is 1.42. The average Bonchev–Trinajstić information content (AvgIpc) is 3.14. The number of rotatable bonds is 5. The Bertz CT molecular complexity index is 1880. The van der Waals surface area contributed by atoms with Crippen LogP contribution in [0.5, 0.6) is 5.75 Å². The molecule has 5 aromatic rings. The van der Waals surface area contributed by atoms with Crippen LogP contribution in [0.4, 0.5) is 17.1 Å². The summed E-state index contributed by atoms with van der Waals surface area (Å²) in [6, 6.07) is 29.1. The maximum atomic E-state index is 13.6. The number of nitrogens with one attached hydrogen (secondary N) is 1. The summed E-state index contributed by atoms with van der Waals surface area (Å²) in [7, 11) is 3.98. The Morgan fingerprint density at radius 3 is 2.50 bits per heavy atom. The van der Waals surface area contributed by atoms with Crippen LogP contribution in [0.2, 0.25) is 5.02 Å². The van der Waals surface area contributed by atoms with Gasteiger partial charge in [-0.3, -0.25) is 10.2 Å². The van der Waals surface area contributed by atoms with E-state index in [1.165, 1.54) is 4.68 Å². The molecule has 4 aromatic carbocycles. The van der Waals surface area contributed by atoms with Crippen LogP contribution in [0.1, 0.15) is 17.5 Å². The van der Waals surface area contributed by atoms with Gasteiger partial charge in [0.15, 0.2) is 18.0 Å². The number of ether oxygens (including phenoxy) is 1. The highest BCUT2D eigenvalue weighted by Crippen LogP contribution is 2.38. The van der Waals surface area contributed by atoms with E-state index in [9.17, 15) is 4.79 Å². The van der Waals surface area contributed by atoms with Gasteiger partial charge in [0.2, 0.25) is 0 Å². The zero-order valence-corrected chi connectivity index (χ0v) is 24.0. The molecule has 10 heteroatoms. The number of benzene rings is 4. The van der Waals surface area contributed by atoms with E-state index in [2.05, 4.69) is 15.5 Å². The summed E-state index contributed by atoms with van der Waals surface area (Å²) in [6.07, 6.45) is -0.636. The molecule has 0 saturated heterocycles. The summed E-state index contributed by atoms with van der Waals surface area (Å²) in [5.41, 5.74) is 6.68. The number of halogens is 1. The van der Waals surface area contributed by atoms with Gasteiger partial charge in [0.05, 0.1) is 16.6 Å². The van der Waals surface area contributed by atoms with E-state index in [0.717, 1.165) is 11.3 Å². The van der Waals surface area contributed by atoms with Gasteiger partial charge in [-0.15, -0.1) is 0 Å². The Balaban J connectivity index is 1.52. The quantitative estimate of drug-likeness (QED) is 0.227. The minimum absolute atomic E-state index is 0.253. The van der Waals surface area contributed by atoms with Gasteiger partial charge in [0, 0.05) is 24.8 Å². The van der Waals surface area contributed by atoms with Crippen molar-refractivity contribution in [2.24, 2.45) is 15.2 Å². The number of aromatic nitrogens is 2. The number of para-hydroxylation sites is 3. The number of anilines is 1. The molecule has 42 heavy (non-hydrogen) atoms. The Labute approximate surface area is 247 Å². The van der Waals surface area contributed by atoms with E-state index < -0.39 is 12.1 Å². The summed E-state index contributed by atoms with van der Waals surface area (Å²) in [4.78, 5) is 25.2. The third-order valence-electron chi connectivity index (χ3n) is 6.94. The van der Waals surface area contributed by atoms with Crippen molar-refractivity contribution in [2.45, 2.75) is 19.1 Å². The fourth-order valence-corrected chi connectivity index (χ4v) is 4.95. The number of amidine groups is 1. The van der Waals surface area contributed by atoms with E-state index in [4.69, 9.17) is 26.4 Å². The van der Waals surface area contributed by atoms with Gasteiger partial charge in [0.25, 0.3) is 5.56 Å². The highest BCUT2D eigenvalue weighted by molar-refractivity contribution is 6.30. The van der Waals surface area contributed by atoms with Crippen LogP contribution in [-0.2, 0) is 0 Å². The molecule has 2 heterocycles. The molecule has 210 valence electrons.